The molecule has 0 aliphatic heterocycles. The Morgan fingerprint density at radius 1 is 1.28 bits per heavy atom. The van der Waals surface area contributed by atoms with Crippen molar-refractivity contribution in [2.24, 2.45) is 0 Å². The molecule has 0 N–H and O–H groups in total. The van der Waals surface area contributed by atoms with E-state index >= 15 is 0 Å². The van der Waals surface area contributed by atoms with Crippen LogP contribution >= 0.6 is 15.9 Å². The van der Waals surface area contributed by atoms with Crippen LogP contribution in [0.5, 0.6) is 11.5 Å². The average Bonchev–Trinajstić information content (AvgIpc) is 2.24. The number of ketones is 1. The lowest BCUT2D eigenvalue weighted by Crippen LogP contribution is -2.16. The molecule has 0 saturated heterocycles. The molecule has 0 unspecified atom stereocenters. The second-order valence-corrected chi connectivity index (χ2v) is 6.67. The van der Waals surface area contributed by atoms with Crippen LogP contribution in [-0.2, 0) is 9.84 Å². The molecule has 0 saturated carbocycles. The van der Waals surface area contributed by atoms with Gasteiger partial charge >= 0.3 is 0 Å². The van der Waals surface area contributed by atoms with E-state index < -0.39 is 21.4 Å². The molecule has 100 valence electrons. The maximum atomic E-state index is 11.9. The van der Waals surface area contributed by atoms with Crippen molar-refractivity contribution in [3.8, 4) is 11.5 Å². The standard InChI is InChI=1S/C11H13BrO5S/c1-16-7-4-8(12)11(10(5-7)17-2)9(13)6-18(3,14)15/h4-5H,6H2,1-3H3. The summed E-state index contributed by atoms with van der Waals surface area (Å²) < 4.78 is 32.8. The van der Waals surface area contributed by atoms with Gasteiger partial charge in [0.05, 0.1) is 19.8 Å². The summed E-state index contributed by atoms with van der Waals surface area (Å²) in [5, 5.41) is 0. The molecule has 0 atom stereocenters. The van der Waals surface area contributed by atoms with Crippen LogP contribution in [0.3, 0.4) is 0 Å². The van der Waals surface area contributed by atoms with Gasteiger partial charge in [-0.1, -0.05) is 0 Å². The summed E-state index contributed by atoms with van der Waals surface area (Å²) in [6.07, 6.45) is 1.01. The predicted molar refractivity (Wildman–Crippen MR) is 71.3 cm³/mol. The van der Waals surface area contributed by atoms with Crippen molar-refractivity contribution in [1.82, 2.24) is 0 Å². The first-order valence-corrected chi connectivity index (χ1v) is 7.76. The number of rotatable bonds is 5. The van der Waals surface area contributed by atoms with Crippen molar-refractivity contribution in [2.75, 3.05) is 26.2 Å². The smallest absolute Gasteiger partial charge is 0.182 e. The van der Waals surface area contributed by atoms with Gasteiger partial charge in [-0.05, 0) is 22.0 Å². The molecule has 0 fully saturated rings. The van der Waals surface area contributed by atoms with Crippen molar-refractivity contribution in [3.05, 3.63) is 22.2 Å². The molecule has 1 aromatic carbocycles. The second kappa shape index (κ2) is 5.71. The summed E-state index contributed by atoms with van der Waals surface area (Å²) in [6, 6.07) is 3.11. The third kappa shape index (κ3) is 3.71. The van der Waals surface area contributed by atoms with Gasteiger partial charge in [-0.3, -0.25) is 4.79 Å². The zero-order valence-electron chi connectivity index (χ0n) is 10.2. The van der Waals surface area contributed by atoms with Crippen LogP contribution in [0.25, 0.3) is 0 Å². The Bertz CT molecular complexity index is 565. The molecule has 1 rings (SSSR count). The number of Topliss-reactive ketones (excluding diaryl/α,β-unsaturated/α-hetero) is 1. The first-order valence-electron chi connectivity index (χ1n) is 4.91. The lowest BCUT2D eigenvalue weighted by atomic mass is 10.1. The molecular formula is C11H13BrO5S. The number of carbonyl (C=O) groups excluding carboxylic acids is 1. The Labute approximate surface area is 114 Å². The maximum absolute atomic E-state index is 11.9. The van der Waals surface area contributed by atoms with E-state index in [1.807, 2.05) is 0 Å². The number of hydrogen-bond donors (Lipinski definition) is 0. The molecule has 5 nitrogen and oxygen atoms in total. The van der Waals surface area contributed by atoms with Crippen LogP contribution < -0.4 is 9.47 Å². The summed E-state index contributed by atoms with van der Waals surface area (Å²) in [5.74, 6) is -0.303. The molecule has 18 heavy (non-hydrogen) atoms. The number of hydrogen-bond acceptors (Lipinski definition) is 5. The Morgan fingerprint density at radius 2 is 1.89 bits per heavy atom. The third-order valence-corrected chi connectivity index (χ3v) is 3.57. The highest BCUT2D eigenvalue weighted by Gasteiger charge is 2.21. The number of carbonyl (C=O) groups is 1. The van der Waals surface area contributed by atoms with Gasteiger partial charge in [0.1, 0.15) is 17.3 Å². The van der Waals surface area contributed by atoms with Gasteiger partial charge in [0.15, 0.2) is 15.6 Å². The lowest BCUT2D eigenvalue weighted by molar-refractivity contribution is 0.101. The fraction of sp³-hybridized carbons (Fsp3) is 0.364. The van der Waals surface area contributed by atoms with Crippen LogP contribution in [0.15, 0.2) is 16.6 Å². The number of methoxy groups -OCH3 is 2. The van der Waals surface area contributed by atoms with Crippen LogP contribution in [-0.4, -0.2) is 40.4 Å². The van der Waals surface area contributed by atoms with E-state index in [9.17, 15) is 13.2 Å². The van der Waals surface area contributed by atoms with E-state index in [1.165, 1.54) is 20.3 Å². The van der Waals surface area contributed by atoms with Gasteiger partial charge < -0.3 is 9.47 Å². The van der Waals surface area contributed by atoms with Crippen molar-refractivity contribution in [3.63, 3.8) is 0 Å². The maximum Gasteiger partial charge on any atom is 0.182 e. The molecule has 0 aliphatic rings. The summed E-state index contributed by atoms with van der Waals surface area (Å²) in [5.41, 5.74) is 0.198. The molecule has 0 bridgehead atoms. The zero-order valence-corrected chi connectivity index (χ0v) is 12.6. The quantitative estimate of drug-likeness (QED) is 0.765. The van der Waals surface area contributed by atoms with Gasteiger partial charge in [-0.2, -0.15) is 0 Å². The first kappa shape index (κ1) is 15.0. The number of ether oxygens (including phenoxy) is 2. The fourth-order valence-corrected chi connectivity index (χ4v) is 2.68. The van der Waals surface area contributed by atoms with E-state index in [0.717, 1.165) is 6.26 Å². The molecule has 0 spiro atoms. The number of sulfone groups is 1. The Kier molecular flexibility index (Phi) is 4.75. The second-order valence-electron chi connectivity index (χ2n) is 3.68. The monoisotopic (exact) mass is 336 g/mol. The minimum absolute atomic E-state index is 0.198. The summed E-state index contributed by atoms with van der Waals surface area (Å²) in [7, 11) is -0.500. The summed E-state index contributed by atoms with van der Waals surface area (Å²) in [6.45, 7) is 0. The van der Waals surface area contributed by atoms with Gasteiger partial charge in [0, 0.05) is 16.8 Å². The van der Waals surface area contributed by atoms with Gasteiger partial charge in [0.25, 0.3) is 0 Å². The van der Waals surface area contributed by atoms with Crippen molar-refractivity contribution >= 4 is 31.6 Å². The number of benzene rings is 1. The summed E-state index contributed by atoms with van der Waals surface area (Å²) in [4.78, 5) is 11.9. The normalized spacial score (nSPS) is 11.1. The topological polar surface area (TPSA) is 69.7 Å². The van der Waals surface area contributed by atoms with E-state index in [-0.39, 0.29) is 11.3 Å². The predicted octanol–water partition coefficient (Wildman–Crippen LogP) is 1.69. The van der Waals surface area contributed by atoms with Gasteiger partial charge in [0.2, 0.25) is 0 Å². The molecule has 0 aromatic heterocycles. The van der Waals surface area contributed by atoms with E-state index in [0.29, 0.717) is 10.2 Å². The Hall–Kier alpha value is -1.08. The van der Waals surface area contributed by atoms with Crippen LogP contribution in [0.4, 0.5) is 0 Å². The molecule has 0 heterocycles. The molecular weight excluding hydrogens is 324 g/mol. The third-order valence-electron chi connectivity index (χ3n) is 2.16. The minimum Gasteiger partial charge on any atom is -0.497 e. The first-order chi connectivity index (χ1) is 8.28. The van der Waals surface area contributed by atoms with Gasteiger partial charge in [-0.25, -0.2) is 8.42 Å². The molecule has 0 aliphatic carbocycles. The molecule has 0 amide bonds. The Morgan fingerprint density at radius 3 is 2.33 bits per heavy atom. The SMILES string of the molecule is COc1cc(Br)c(C(=O)CS(C)(=O)=O)c(OC)c1. The Balaban J connectivity index is 3.27. The van der Waals surface area contributed by atoms with Crippen LogP contribution in [0.2, 0.25) is 0 Å². The highest BCUT2D eigenvalue weighted by molar-refractivity contribution is 9.10. The van der Waals surface area contributed by atoms with E-state index in [2.05, 4.69) is 15.9 Å². The average molecular weight is 337 g/mol. The van der Waals surface area contributed by atoms with Crippen molar-refractivity contribution in [1.29, 1.82) is 0 Å². The number of halogens is 1. The molecule has 1 aromatic rings. The summed E-state index contributed by atoms with van der Waals surface area (Å²) >= 11 is 3.21. The zero-order chi connectivity index (χ0) is 13.9. The van der Waals surface area contributed by atoms with E-state index in [1.54, 1.807) is 6.07 Å². The van der Waals surface area contributed by atoms with Crippen molar-refractivity contribution < 1.29 is 22.7 Å². The minimum atomic E-state index is -3.39. The van der Waals surface area contributed by atoms with Gasteiger partial charge in [-0.15, -0.1) is 0 Å². The van der Waals surface area contributed by atoms with Crippen molar-refractivity contribution in [2.45, 2.75) is 0 Å². The van der Waals surface area contributed by atoms with Crippen LogP contribution in [0, 0.1) is 0 Å². The highest BCUT2D eigenvalue weighted by atomic mass is 79.9. The molecule has 7 heteroatoms. The van der Waals surface area contributed by atoms with Crippen LogP contribution in [0.1, 0.15) is 10.4 Å². The lowest BCUT2D eigenvalue weighted by Gasteiger charge is -2.11. The molecule has 0 radical (unpaired) electrons. The fourth-order valence-electron chi connectivity index (χ4n) is 1.42. The van der Waals surface area contributed by atoms with E-state index in [4.69, 9.17) is 9.47 Å². The highest BCUT2D eigenvalue weighted by Crippen LogP contribution is 2.32. The largest absolute Gasteiger partial charge is 0.497 e.